The van der Waals surface area contributed by atoms with Gasteiger partial charge >= 0.3 is 0 Å². The van der Waals surface area contributed by atoms with E-state index in [9.17, 15) is 0 Å². The summed E-state index contributed by atoms with van der Waals surface area (Å²) in [5.41, 5.74) is 1.42. The second-order valence-corrected chi connectivity index (χ2v) is 7.55. The molecule has 1 aromatic carbocycles. The van der Waals surface area contributed by atoms with Gasteiger partial charge < -0.3 is 19.5 Å². The van der Waals surface area contributed by atoms with Crippen molar-refractivity contribution in [2.75, 3.05) is 33.0 Å². The highest BCUT2D eigenvalue weighted by molar-refractivity contribution is 5.39. The van der Waals surface area contributed by atoms with Crippen molar-refractivity contribution >= 4 is 0 Å². The third-order valence-electron chi connectivity index (χ3n) is 5.70. The third-order valence-corrected chi connectivity index (χ3v) is 5.70. The number of nitrogens with one attached hydrogen (secondary N) is 1. The molecule has 132 valence electrons. The predicted molar refractivity (Wildman–Crippen MR) is 93.4 cm³/mol. The number of hydrogen-bond acceptors (Lipinski definition) is 4. The van der Waals surface area contributed by atoms with Gasteiger partial charge in [0.1, 0.15) is 11.4 Å². The SMILES string of the molecule is c1ccc2c(c1)OC1(CCC1)C[C@@H]2NCCCOC[C@H]1CCOC1. The Hall–Kier alpha value is -1.10. The van der Waals surface area contributed by atoms with Crippen LogP contribution < -0.4 is 10.1 Å². The Kier molecular flexibility index (Phi) is 5.06. The average molecular weight is 331 g/mol. The number of hydrogen-bond donors (Lipinski definition) is 1. The van der Waals surface area contributed by atoms with Crippen LogP contribution in [0.5, 0.6) is 5.75 Å². The van der Waals surface area contributed by atoms with Crippen molar-refractivity contribution in [3.63, 3.8) is 0 Å². The number of rotatable bonds is 7. The van der Waals surface area contributed by atoms with Crippen LogP contribution >= 0.6 is 0 Å². The smallest absolute Gasteiger partial charge is 0.124 e. The highest BCUT2D eigenvalue weighted by Gasteiger charge is 2.45. The van der Waals surface area contributed by atoms with E-state index in [1.165, 1.54) is 24.8 Å². The largest absolute Gasteiger partial charge is 0.487 e. The first-order valence-electron chi connectivity index (χ1n) is 9.51. The van der Waals surface area contributed by atoms with Crippen molar-refractivity contribution in [1.29, 1.82) is 0 Å². The van der Waals surface area contributed by atoms with Crippen LogP contribution in [0.2, 0.25) is 0 Å². The molecule has 2 heterocycles. The van der Waals surface area contributed by atoms with Gasteiger partial charge in [0.25, 0.3) is 0 Å². The normalized spacial score (nSPS) is 27.5. The van der Waals surface area contributed by atoms with Crippen molar-refractivity contribution in [2.45, 2.75) is 50.2 Å². The molecule has 24 heavy (non-hydrogen) atoms. The standard InChI is InChI=1S/C20H29NO3/c1-2-6-19-17(5-1)18(13-20(24-19)8-3-9-20)21-10-4-11-22-14-16-7-12-23-15-16/h1-2,5-6,16,18,21H,3-4,7-15H2/t16-,18+/m1/s1. The van der Waals surface area contributed by atoms with Crippen molar-refractivity contribution < 1.29 is 14.2 Å². The van der Waals surface area contributed by atoms with Crippen LogP contribution in [0.3, 0.4) is 0 Å². The highest BCUT2D eigenvalue weighted by atomic mass is 16.5. The maximum atomic E-state index is 6.31. The molecule has 1 aromatic rings. The molecule has 4 rings (SSSR count). The van der Waals surface area contributed by atoms with Crippen LogP contribution in [0.4, 0.5) is 0 Å². The molecule has 4 nitrogen and oxygen atoms in total. The van der Waals surface area contributed by atoms with E-state index in [-0.39, 0.29) is 5.60 Å². The lowest BCUT2D eigenvalue weighted by Crippen LogP contribution is -2.49. The lowest BCUT2D eigenvalue weighted by atomic mass is 9.73. The summed E-state index contributed by atoms with van der Waals surface area (Å²) in [5.74, 6) is 1.69. The summed E-state index contributed by atoms with van der Waals surface area (Å²) in [5, 5.41) is 3.74. The van der Waals surface area contributed by atoms with Gasteiger partial charge in [-0.3, -0.25) is 0 Å². The molecule has 2 aliphatic heterocycles. The fourth-order valence-electron chi connectivity index (χ4n) is 4.09. The molecule has 0 aromatic heterocycles. The first kappa shape index (κ1) is 16.4. The molecular weight excluding hydrogens is 302 g/mol. The maximum absolute atomic E-state index is 6.31. The predicted octanol–water partition coefficient (Wildman–Crippen LogP) is 3.47. The van der Waals surface area contributed by atoms with Gasteiger partial charge in [0, 0.05) is 37.2 Å². The first-order chi connectivity index (χ1) is 11.8. The summed E-state index contributed by atoms with van der Waals surface area (Å²) < 4.78 is 17.5. The molecule has 0 radical (unpaired) electrons. The lowest BCUT2D eigenvalue weighted by molar-refractivity contribution is -0.0370. The average Bonchev–Trinajstić information content (AvgIpc) is 3.09. The van der Waals surface area contributed by atoms with Crippen LogP contribution in [0.15, 0.2) is 24.3 Å². The van der Waals surface area contributed by atoms with Gasteiger partial charge in [-0.05, 0) is 44.7 Å². The summed E-state index contributed by atoms with van der Waals surface area (Å²) in [6, 6.07) is 8.93. The molecule has 1 spiro atoms. The molecule has 3 aliphatic rings. The monoisotopic (exact) mass is 331 g/mol. The first-order valence-corrected chi connectivity index (χ1v) is 9.51. The number of fused-ring (bicyclic) bond motifs is 1. The molecule has 2 fully saturated rings. The Morgan fingerprint density at radius 2 is 2.17 bits per heavy atom. The van der Waals surface area contributed by atoms with E-state index in [0.29, 0.717) is 12.0 Å². The topological polar surface area (TPSA) is 39.7 Å². The minimum atomic E-state index is 0.102. The van der Waals surface area contributed by atoms with E-state index >= 15 is 0 Å². The number of ether oxygens (including phenoxy) is 3. The Morgan fingerprint density at radius 1 is 1.25 bits per heavy atom. The molecule has 2 atom stereocenters. The molecule has 4 heteroatoms. The molecule has 0 bridgehead atoms. The summed E-state index contributed by atoms with van der Waals surface area (Å²) in [7, 11) is 0. The van der Waals surface area contributed by atoms with Gasteiger partial charge in [-0.25, -0.2) is 0 Å². The van der Waals surface area contributed by atoms with Crippen LogP contribution in [-0.2, 0) is 9.47 Å². The molecule has 1 N–H and O–H groups in total. The fraction of sp³-hybridized carbons (Fsp3) is 0.700. The minimum Gasteiger partial charge on any atom is -0.487 e. The summed E-state index contributed by atoms with van der Waals surface area (Å²) in [6.07, 6.45) is 7.01. The van der Waals surface area contributed by atoms with E-state index in [1.807, 2.05) is 0 Å². The van der Waals surface area contributed by atoms with Gasteiger partial charge in [-0.1, -0.05) is 18.2 Å². The maximum Gasteiger partial charge on any atom is 0.124 e. The van der Waals surface area contributed by atoms with E-state index in [0.717, 1.165) is 58.0 Å². The van der Waals surface area contributed by atoms with E-state index in [4.69, 9.17) is 14.2 Å². The van der Waals surface area contributed by atoms with Crippen molar-refractivity contribution in [3.8, 4) is 5.75 Å². The molecule has 1 saturated heterocycles. The zero-order valence-electron chi connectivity index (χ0n) is 14.5. The zero-order valence-corrected chi connectivity index (χ0v) is 14.5. The van der Waals surface area contributed by atoms with Crippen LogP contribution in [0.25, 0.3) is 0 Å². The lowest BCUT2D eigenvalue weighted by Gasteiger charge is -2.48. The summed E-state index contributed by atoms with van der Waals surface area (Å²) in [6.45, 7) is 4.46. The zero-order chi connectivity index (χ0) is 16.2. The second kappa shape index (κ2) is 7.42. The van der Waals surface area contributed by atoms with Gasteiger partial charge in [0.15, 0.2) is 0 Å². The Balaban J connectivity index is 1.23. The molecule has 0 unspecified atom stereocenters. The quantitative estimate of drug-likeness (QED) is 0.777. The van der Waals surface area contributed by atoms with Crippen molar-refractivity contribution in [1.82, 2.24) is 5.32 Å². The third kappa shape index (κ3) is 3.61. The molecular formula is C20H29NO3. The van der Waals surface area contributed by atoms with Gasteiger partial charge in [-0.2, -0.15) is 0 Å². The van der Waals surface area contributed by atoms with Crippen molar-refractivity contribution in [3.05, 3.63) is 29.8 Å². The Morgan fingerprint density at radius 3 is 2.96 bits per heavy atom. The van der Waals surface area contributed by atoms with Crippen LogP contribution in [-0.4, -0.2) is 38.6 Å². The van der Waals surface area contributed by atoms with Crippen molar-refractivity contribution in [2.24, 2.45) is 5.92 Å². The molecule has 1 saturated carbocycles. The minimum absolute atomic E-state index is 0.102. The van der Waals surface area contributed by atoms with Crippen LogP contribution in [0.1, 0.15) is 50.1 Å². The Labute approximate surface area is 144 Å². The second-order valence-electron chi connectivity index (χ2n) is 7.55. The van der Waals surface area contributed by atoms with Gasteiger partial charge in [0.2, 0.25) is 0 Å². The molecule has 0 amide bonds. The van der Waals surface area contributed by atoms with Gasteiger partial charge in [0.05, 0.1) is 13.2 Å². The summed E-state index contributed by atoms with van der Waals surface area (Å²) in [4.78, 5) is 0. The number of para-hydroxylation sites is 1. The van der Waals surface area contributed by atoms with Gasteiger partial charge in [-0.15, -0.1) is 0 Å². The van der Waals surface area contributed by atoms with Crippen LogP contribution in [0, 0.1) is 5.92 Å². The number of benzene rings is 1. The van der Waals surface area contributed by atoms with E-state index < -0.39 is 0 Å². The van der Waals surface area contributed by atoms with E-state index in [2.05, 4.69) is 29.6 Å². The fourth-order valence-corrected chi connectivity index (χ4v) is 4.09. The highest BCUT2D eigenvalue weighted by Crippen LogP contribution is 2.48. The molecule has 1 aliphatic carbocycles. The Bertz CT molecular complexity index is 537. The van der Waals surface area contributed by atoms with E-state index in [1.54, 1.807) is 0 Å². The summed E-state index contributed by atoms with van der Waals surface area (Å²) >= 11 is 0.